The molecule has 0 unspecified atom stereocenters. The van der Waals surface area contributed by atoms with Gasteiger partial charge in [0.2, 0.25) is 20.0 Å². The number of sulfonamides is 2. The summed E-state index contributed by atoms with van der Waals surface area (Å²) in [6.45, 7) is 7.12. The summed E-state index contributed by atoms with van der Waals surface area (Å²) in [7, 11) is -7.47. The van der Waals surface area contributed by atoms with E-state index >= 15 is 0 Å². The zero-order valence-electron chi connectivity index (χ0n) is 17.7. The molecule has 1 N–H and O–H groups in total. The first-order valence-electron chi connectivity index (χ1n) is 10.2. The maximum atomic E-state index is 12.7. The summed E-state index contributed by atoms with van der Waals surface area (Å²) in [5.74, 6) is 0.841. The van der Waals surface area contributed by atoms with E-state index in [-0.39, 0.29) is 29.4 Å². The number of aromatic nitrogens is 1. The summed E-state index contributed by atoms with van der Waals surface area (Å²) >= 11 is 0. The highest BCUT2D eigenvalue weighted by molar-refractivity contribution is 7.89. The lowest BCUT2D eigenvalue weighted by Gasteiger charge is -2.26. The van der Waals surface area contributed by atoms with Crippen molar-refractivity contribution in [2.24, 2.45) is 0 Å². The van der Waals surface area contributed by atoms with E-state index in [1.807, 2.05) is 26.0 Å². The molecule has 3 rings (SSSR count). The second-order valence-electron chi connectivity index (χ2n) is 7.01. The number of morpholine rings is 1. The van der Waals surface area contributed by atoms with Crippen molar-refractivity contribution in [3.63, 3.8) is 0 Å². The van der Waals surface area contributed by atoms with Crippen LogP contribution < -0.4 is 9.62 Å². The van der Waals surface area contributed by atoms with Gasteiger partial charge in [-0.05, 0) is 49.7 Å². The van der Waals surface area contributed by atoms with Crippen LogP contribution in [0.5, 0.6) is 0 Å². The van der Waals surface area contributed by atoms with E-state index < -0.39 is 20.0 Å². The van der Waals surface area contributed by atoms with Crippen molar-refractivity contribution in [2.45, 2.75) is 30.2 Å². The Morgan fingerprint density at radius 1 is 0.968 bits per heavy atom. The summed E-state index contributed by atoms with van der Waals surface area (Å²) in [5, 5.41) is 0. The normalized spacial score (nSPS) is 15.7. The summed E-state index contributed by atoms with van der Waals surface area (Å²) in [6.07, 6.45) is 1.65. The van der Waals surface area contributed by atoms with E-state index in [1.54, 1.807) is 6.20 Å². The van der Waals surface area contributed by atoms with Gasteiger partial charge in [-0.2, -0.15) is 4.31 Å². The molecule has 0 saturated carbocycles. The van der Waals surface area contributed by atoms with Crippen molar-refractivity contribution in [1.29, 1.82) is 0 Å². The molecule has 1 saturated heterocycles. The molecular formula is C20H28N4O5S2. The zero-order chi connectivity index (χ0) is 22.5. The van der Waals surface area contributed by atoms with E-state index in [1.165, 1.54) is 28.6 Å². The molecule has 0 bridgehead atoms. The highest BCUT2D eigenvalue weighted by Crippen LogP contribution is 2.20. The van der Waals surface area contributed by atoms with E-state index in [0.717, 1.165) is 24.5 Å². The van der Waals surface area contributed by atoms with Gasteiger partial charge in [-0.15, -0.1) is 0 Å². The third-order valence-corrected chi connectivity index (χ3v) is 8.43. The van der Waals surface area contributed by atoms with Gasteiger partial charge in [-0.25, -0.2) is 26.5 Å². The SMILES string of the molecule is CCN(CC)c1ccc(CNS(=O)(=O)c2ccc(S(=O)(=O)N3CCOCC3)cc2)cn1. The number of nitrogens with zero attached hydrogens (tertiary/aromatic N) is 3. The molecule has 1 aliphatic heterocycles. The summed E-state index contributed by atoms with van der Waals surface area (Å²) in [6, 6.07) is 8.94. The Labute approximate surface area is 184 Å². The van der Waals surface area contributed by atoms with Crippen molar-refractivity contribution < 1.29 is 21.6 Å². The Morgan fingerprint density at radius 3 is 2.13 bits per heavy atom. The van der Waals surface area contributed by atoms with Gasteiger partial charge in [0.1, 0.15) is 5.82 Å². The Hall–Kier alpha value is -2.05. The molecule has 170 valence electrons. The fourth-order valence-corrected chi connectivity index (χ4v) is 5.67. The minimum atomic E-state index is -3.80. The maximum absolute atomic E-state index is 12.7. The third kappa shape index (κ3) is 5.60. The summed E-state index contributed by atoms with van der Waals surface area (Å²) in [4.78, 5) is 6.55. The van der Waals surface area contributed by atoms with Crippen molar-refractivity contribution in [2.75, 3.05) is 44.3 Å². The number of benzene rings is 1. The molecule has 0 spiro atoms. The number of nitrogens with one attached hydrogen (secondary N) is 1. The predicted octanol–water partition coefficient (Wildman–Crippen LogP) is 1.43. The van der Waals surface area contributed by atoms with Crippen LogP contribution >= 0.6 is 0 Å². The first kappa shape index (κ1) is 23.6. The van der Waals surface area contributed by atoms with Gasteiger partial charge in [0.15, 0.2) is 0 Å². The Morgan fingerprint density at radius 2 is 1.58 bits per heavy atom. The van der Waals surface area contributed by atoms with Crippen LogP contribution in [0.3, 0.4) is 0 Å². The smallest absolute Gasteiger partial charge is 0.243 e. The second kappa shape index (κ2) is 10.0. The molecule has 2 aromatic rings. The molecule has 0 aliphatic carbocycles. The Balaban J connectivity index is 1.67. The molecule has 9 nitrogen and oxygen atoms in total. The maximum Gasteiger partial charge on any atom is 0.243 e. The van der Waals surface area contributed by atoms with Crippen molar-refractivity contribution in [3.8, 4) is 0 Å². The lowest BCUT2D eigenvalue weighted by molar-refractivity contribution is 0.0730. The van der Waals surface area contributed by atoms with Gasteiger partial charge >= 0.3 is 0 Å². The van der Waals surface area contributed by atoms with Crippen LogP contribution in [0, 0.1) is 0 Å². The molecule has 1 aliphatic rings. The van der Waals surface area contributed by atoms with Gasteiger partial charge in [0.05, 0.1) is 23.0 Å². The molecule has 0 atom stereocenters. The molecule has 0 amide bonds. The minimum Gasteiger partial charge on any atom is -0.379 e. The van der Waals surface area contributed by atoms with Gasteiger partial charge < -0.3 is 9.64 Å². The molecule has 0 radical (unpaired) electrons. The Bertz CT molecular complexity index is 1060. The van der Waals surface area contributed by atoms with Crippen molar-refractivity contribution in [3.05, 3.63) is 48.2 Å². The highest BCUT2D eigenvalue weighted by atomic mass is 32.2. The van der Waals surface area contributed by atoms with Crippen LogP contribution in [0.25, 0.3) is 0 Å². The lowest BCUT2D eigenvalue weighted by Crippen LogP contribution is -2.40. The first-order chi connectivity index (χ1) is 14.8. The minimum absolute atomic E-state index is 0.00106. The number of anilines is 1. The number of rotatable bonds is 9. The fourth-order valence-electron chi connectivity index (χ4n) is 3.24. The van der Waals surface area contributed by atoms with E-state index in [9.17, 15) is 16.8 Å². The molecule has 1 fully saturated rings. The second-order valence-corrected chi connectivity index (χ2v) is 10.7. The number of hydrogen-bond acceptors (Lipinski definition) is 7. The van der Waals surface area contributed by atoms with Gasteiger partial charge in [-0.1, -0.05) is 6.07 Å². The topological polar surface area (TPSA) is 109 Å². The quantitative estimate of drug-likeness (QED) is 0.593. The number of ether oxygens (including phenoxy) is 1. The number of pyridine rings is 1. The van der Waals surface area contributed by atoms with Crippen LogP contribution in [0.2, 0.25) is 0 Å². The first-order valence-corrected chi connectivity index (χ1v) is 13.1. The van der Waals surface area contributed by atoms with Crippen molar-refractivity contribution in [1.82, 2.24) is 14.0 Å². The summed E-state index contributed by atoms with van der Waals surface area (Å²) < 4.78 is 59.6. The van der Waals surface area contributed by atoms with Gasteiger partial charge in [0.25, 0.3) is 0 Å². The average Bonchev–Trinajstić information content (AvgIpc) is 2.80. The van der Waals surface area contributed by atoms with E-state index in [2.05, 4.69) is 14.6 Å². The lowest BCUT2D eigenvalue weighted by atomic mass is 10.3. The monoisotopic (exact) mass is 468 g/mol. The predicted molar refractivity (Wildman–Crippen MR) is 118 cm³/mol. The van der Waals surface area contributed by atoms with Crippen LogP contribution in [-0.2, 0) is 31.3 Å². The zero-order valence-corrected chi connectivity index (χ0v) is 19.3. The highest BCUT2D eigenvalue weighted by Gasteiger charge is 2.26. The van der Waals surface area contributed by atoms with E-state index in [0.29, 0.717) is 13.2 Å². The average molecular weight is 469 g/mol. The largest absolute Gasteiger partial charge is 0.379 e. The summed E-state index contributed by atoms with van der Waals surface area (Å²) in [5.41, 5.74) is 0.728. The van der Waals surface area contributed by atoms with Crippen molar-refractivity contribution >= 4 is 25.9 Å². The standard InChI is InChI=1S/C20H28N4O5S2/c1-3-23(4-2)20-10-5-17(15-21-20)16-22-30(25,26)18-6-8-19(9-7-18)31(27,28)24-11-13-29-14-12-24/h5-10,15,22H,3-4,11-14,16H2,1-2H3. The van der Waals surface area contributed by atoms with Crippen LogP contribution in [-0.4, -0.2) is 65.5 Å². The third-order valence-electron chi connectivity index (χ3n) is 5.10. The molecule has 2 heterocycles. The van der Waals surface area contributed by atoms with Crippen LogP contribution in [0.15, 0.2) is 52.4 Å². The Kier molecular flexibility index (Phi) is 7.65. The molecular weight excluding hydrogens is 440 g/mol. The fraction of sp³-hybridized carbons (Fsp3) is 0.450. The van der Waals surface area contributed by atoms with Gasteiger partial charge in [-0.3, -0.25) is 0 Å². The van der Waals surface area contributed by atoms with Crippen LogP contribution in [0.4, 0.5) is 5.82 Å². The molecule has 1 aromatic carbocycles. The van der Waals surface area contributed by atoms with E-state index in [4.69, 9.17) is 4.74 Å². The molecule has 31 heavy (non-hydrogen) atoms. The van der Waals surface area contributed by atoms with Crippen LogP contribution in [0.1, 0.15) is 19.4 Å². The van der Waals surface area contributed by atoms with Gasteiger partial charge in [0, 0.05) is 38.9 Å². The molecule has 11 heteroatoms. The molecule has 1 aromatic heterocycles. The number of hydrogen-bond donors (Lipinski definition) is 1.